The molecule has 0 radical (unpaired) electrons. The number of aryl methyl sites for hydroxylation is 1. The zero-order chi connectivity index (χ0) is 13.7. The van der Waals surface area contributed by atoms with Crippen LogP contribution in [0, 0.1) is 12.8 Å². The second-order valence-electron chi connectivity index (χ2n) is 5.54. The molecule has 1 fully saturated rings. The van der Waals surface area contributed by atoms with E-state index in [-0.39, 0.29) is 12.5 Å². The van der Waals surface area contributed by atoms with E-state index in [1.807, 2.05) is 31.2 Å². The van der Waals surface area contributed by atoms with Gasteiger partial charge in [-0.15, -0.1) is 0 Å². The molecule has 1 saturated carbocycles. The monoisotopic (exact) mass is 261 g/mol. The van der Waals surface area contributed by atoms with Gasteiger partial charge in [-0.2, -0.15) is 0 Å². The maximum atomic E-state index is 11.9. The average molecular weight is 261 g/mol. The summed E-state index contributed by atoms with van der Waals surface area (Å²) >= 11 is 0. The summed E-state index contributed by atoms with van der Waals surface area (Å²) in [6.07, 6.45) is 4.81. The highest BCUT2D eigenvalue weighted by Crippen LogP contribution is 2.23. The van der Waals surface area contributed by atoms with E-state index in [1.165, 1.54) is 19.3 Å². The first-order valence-electron chi connectivity index (χ1n) is 7.14. The van der Waals surface area contributed by atoms with Gasteiger partial charge in [0.15, 0.2) is 6.61 Å². The second-order valence-corrected chi connectivity index (χ2v) is 5.54. The predicted molar refractivity (Wildman–Crippen MR) is 76.2 cm³/mol. The quantitative estimate of drug-likeness (QED) is 0.904. The lowest BCUT2D eigenvalue weighted by Gasteiger charge is -2.29. The van der Waals surface area contributed by atoms with Gasteiger partial charge in [0, 0.05) is 6.04 Å². The van der Waals surface area contributed by atoms with E-state index in [9.17, 15) is 4.79 Å². The van der Waals surface area contributed by atoms with E-state index >= 15 is 0 Å². The standard InChI is InChI=1S/C16H23NO2/c1-12-6-5-8-14(10-12)19-11-16(18)17-15-9-4-3-7-13(15)2/h5-6,8,10,13,15H,3-4,7,9,11H2,1-2H3,(H,17,18)/t13-,15+/m0/s1. The molecule has 1 aliphatic carbocycles. The van der Waals surface area contributed by atoms with Crippen molar-refractivity contribution in [3.8, 4) is 5.75 Å². The molecule has 104 valence electrons. The number of ether oxygens (including phenoxy) is 1. The molecule has 0 bridgehead atoms. The molecule has 1 amide bonds. The Morgan fingerprint density at radius 2 is 2.16 bits per heavy atom. The fourth-order valence-electron chi connectivity index (χ4n) is 2.63. The van der Waals surface area contributed by atoms with Crippen molar-refractivity contribution in [1.82, 2.24) is 5.32 Å². The molecule has 3 nitrogen and oxygen atoms in total. The number of hydrogen-bond donors (Lipinski definition) is 1. The number of amides is 1. The van der Waals surface area contributed by atoms with Gasteiger partial charge in [-0.3, -0.25) is 4.79 Å². The maximum Gasteiger partial charge on any atom is 0.258 e. The Kier molecular flexibility index (Phi) is 4.83. The van der Waals surface area contributed by atoms with E-state index in [0.29, 0.717) is 12.0 Å². The lowest BCUT2D eigenvalue weighted by atomic mass is 9.86. The maximum absolute atomic E-state index is 11.9. The van der Waals surface area contributed by atoms with E-state index in [1.54, 1.807) is 0 Å². The molecule has 0 aromatic heterocycles. The van der Waals surface area contributed by atoms with Crippen LogP contribution in [0.25, 0.3) is 0 Å². The van der Waals surface area contributed by atoms with Crippen LogP contribution in [0.2, 0.25) is 0 Å². The summed E-state index contributed by atoms with van der Waals surface area (Å²) in [5, 5.41) is 3.09. The van der Waals surface area contributed by atoms with Crippen LogP contribution in [-0.4, -0.2) is 18.6 Å². The zero-order valence-electron chi connectivity index (χ0n) is 11.8. The number of carbonyl (C=O) groups is 1. The Labute approximate surface area is 115 Å². The number of benzene rings is 1. The van der Waals surface area contributed by atoms with Crippen molar-refractivity contribution in [3.63, 3.8) is 0 Å². The molecule has 0 saturated heterocycles. The topological polar surface area (TPSA) is 38.3 Å². The van der Waals surface area contributed by atoms with Crippen molar-refractivity contribution in [1.29, 1.82) is 0 Å². The second kappa shape index (κ2) is 6.60. The lowest BCUT2D eigenvalue weighted by Crippen LogP contribution is -2.43. The molecular formula is C16H23NO2. The normalized spacial score (nSPS) is 22.8. The summed E-state index contributed by atoms with van der Waals surface area (Å²) in [7, 11) is 0. The minimum atomic E-state index is -0.0137. The van der Waals surface area contributed by atoms with Crippen LogP contribution in [0.4, 0.5) is 0 Å². The van der Waals surface area contributed by atoms with Crippen LogP contribution in [0.3, 0.4) is 0 Å². The van der Waals surface area contributed by atoms with Crippen LogP contribution in [0.1, 0.15) is 38.2 Å². The number of nitrogens with one attached hydrogen (secondary N) is 1. The zero-order valence-corrected chi connectivity index (χ0v) is 11.8. The molecule has 0 heterocycles. The Balaban J connectivity index is 1.78. The van der Waals surface area contributed by atoms with Gasteiger partial charge in [0.05, 0.1) is 0 Å². The van der Waals surface area contributed by atoms with Gasteiger partial charge in [0.1, 0.15) is 5.75 Å². The van der Waals surface area contributed by atoms with Crippen LogP contribution in [0.15, 0.2) is 24.3 Å². The summed E-state index contributed by atoms with van der Waals surface area (Å²) in [6.45, 7) is 4.33. The number of carbonyl (C=O) groups excluding carboxylic acids is 1. The highest BCUT2D eigenvalue weighted by atomic mass is 16.5. The van der Waals surface area contributed by atoms with Crippen LogP contribution >= 0.6 is 0 Å². The molecule has 2 rings (SSSR count). The Morgan fingerprint density at radius 3 is 2.89 bits per heavy atom. The summed E-state index contributed by atoms with van der Waals surface area (Å²) < 4.78 is 5.51. The van der Waals surface area contributed by atoms with Crippen LogP contribution in [0.5, 0.6) is 5.75 Å². The van der Waals surface area contributed by atoms with Crippen molar-refractivity contribution in [3.05, 3.63) is 29.8 Å². The molecule has 1 aromatic carbocycles. The molecule has 0 spiro atoms. The first-order chi connectivity index (χ1) is 9.15. The van der Waals surface area contributed by atoms with Crippen molar-refractivity contribution in [2.75, 3.05) is 6.61 Å². The third kappa shape index (κ3) is 4.27. The Morgan fingerprint density at radius 1 is 1.37 bits per heavy atom. The van der Waals surface area contributed by atoms with Crippen LogP contribution in [-0.2, 0) is 4.79 Å². The van der Waals surface area contributed by atoms with Crippen molar-refractivity contribution in [2.24, 2.45) is 5.92 Å². The van der Waals surface area contributed by atoms with Crippen molar-refractivity contribution in [2.45, 2.75) is 45.6 Å². The number of rotatable bonds is 4. The lowest BCUT2D eigenvalue weighted by molar-refractivity contribution is -0.124. The van der Waals surface area contributed by atoms with E-state index in [2.05, 4.69) is 12.2 Å². The molecule has 1 aromatic rings. The van der Waals surface area contributed by atoms with Gasteiger partial charge in [0.2, 0.25) is 0 Å². The first kappa shape index (κ1) is 13.9. The van der Waals surface area contributed by atoms with Crippen molar-refractivity contribution < 1.29 is 9.53 Å². The molecule has 2 atom stereocenters. The minimum Gasteiger partial charge on any atom is -0.484 e. The fraction of sp³-hybridized carbons (Fsp3) is 0.562. The SMILES string of the molecule is Cc1cccc(OCC(=O)N[C@@H]2CCCC[C@@H]2C)c1. The number of hydrogen-bond acceptors (Lipinski definition) is 2. The third-order valence-corrected chi connectivity index (χ3v) is 3.82. The third-order valence-electron chi connectivity index (χ3n) is 3.82. The summed E-state index contributed by atoms with van der Waals surface area (Å²) in [5.41, 5.74) is 1.14. The Bertz CT molecular complexity index is 431. The fourth-order valence-corrected chi connectivity index (χ4v) is 2.63. The molecular weight excluding hydrogens is 238 g/mol. The summed E-state index contributed by atoms with van der Waals surface area (Å²) in [5.74, 6) is 1.32. The molecule has 1 aliphatic rings. The molecule has 0 aliphatic heterocycles. The highest BCUT2D eigenvalue weighted by molar-refractivity contribution is 5.77. The van der Waals surface area contributed by atoms with Gasteiger partial charge in [-0.1, -0.05) is 31.9 Å². The van der Waals surface area contributed by atoms with Gasteiger partial charge in [-0.25, -0.2) is 0 Å². The largest absolute Gasteiger partial charge is 0.484 e. The van der Waals surface area contributed by atoms with E-state index in [0.717, 1.165) is 17.7 Å². The van der Waals surface area contributed by atoms with Gasteiger partial charge < -0.3 is 10.1 Å². The molecule has 0 unspecified atom stereocenters. The van der Waals surface area contributed by atoms with Gasteiger partial charge in [0.25, 0.3) is 5.91 Å². The molecule has 3 heteroatoms. The molecule has 1 N–H and O–H groups in total. The van der Waals surface area contributed by atoms with Gasteiger partial charge in [-0.05, 0) is 43.4 Å². The molecule has 19 heavy (non-hydrogen) atoms. The summed E-state index contributed by atoms with van der Waals surface area (Å²) in [6, 6.07) is 8.09. The average Bonchev–Trinajstić information content (AvgIpc) is 2.39. The van der Waals surface area contributed by atoms with E-state index < -0.39 is 0 Å². The Hall–Kier alpha value is -1.51. The summed E-state index contributed by atoms with van der Waals surface area (Å²) in [4.78, 5) is 11.9. The van der Waals surface area contributed by atoms with Gasteiger partial charge >= 0.3 is 0 Å². The minimum absolute atomic E-state index is 0.0137. The smallest absolute Gasteiger partial charge is 0.258 e. The first-order valence-corrected chi connectivity index (χ1v) is 7.14. The highest BCUT2D eigenvalue weighted by Gasteiger charge is 2.22. The van der Waals surface area contributed by atoms with Crippen LogP contribution < -0.4 is 10.1 Å². The van der Waals surface area contributed by atoms with E-state index in [4.69, 9.17) is 4.74 Å². The van der Waals surface area contributed by atoms with Crippen molar-refractivity contribution >= 4 is 5.91 Å². The predicted octanol–water partition coefficient (Wildman–Crippen LogP) is 3.07.